The van der Waals surface area contributed by atoms with Gasteiger partial charge in [0.15, 0.2) is 6.29 Å². The fraction of sp³-hybridized carbons (Fsp3) is 1.00. The van der Waals surface area contributed by atoms with Crippen molar-refractivity contribution in [3.05, 3.63) is 0 Å². The van der Waals surface area contributed by atoms with Crippen molar-refractivity contribution in [1.29, 1.82) is 0 Å². The number of hydrogen-bond donors (Lipinski definition) is 6. The van der Waals surface area contributed by atoms with Crippen molar-refractivity contribution in [2.45, 2.75) is 31.0 Å². The third-order valence-corrected chi connectivity index (χ3v) is 3.01. The van der Waals surface area contributed by atoms with Gasteiger partial charge < -0.3 is 30.8 Å². The first kappa shape index (κ1) is 11.8. The van der Waals surface area contributed by atoms with Gasteiger partial charge in [-0.2, -0.15) is 0 Å². The lowest BCUT2D eigenvalue weighted by molar-refractivity contribution is -0.184. The van der Waals surface area contributed by atoms with Crippen LogP contribution in [0.25, 0.3) is 0 Å². The summed E-state index contributed by atoms with van der Waals surface area (Å²) in [6.07, 6.45) is -2.85. The average molecular weight is 207 g/mol. The van der Waals surface area contributed by atoms with Crippen LogP contribution >= 0.6 is 0 Å². The van der Waals surface area contributed by atoms with E-state index in [9.17, 15) is 10.2 Å². The largest absolute Gasteiger partial charge is 0.395 e. The molecule has 1 rings (SSSR count). The van der Waals surface area contributed by atoms with E-state index in [1.165, 1.54) is 6.92 Å². The highest BCUT2D eigenvalue weighted by atomic mass is 16.5. The molecule has 1 fully saturated rings. The van der Waals surface area contributed by atoms with Gasteiger partial charge in [0, 0.05) is 12.5 Å². The molecule has 6 heteroatoms. The highest BCUT2D eigenvalue weighted by molar-refractivity contribution is 5.07. The Bertz CT molecular complexity index is 200. The monoisotopic (exact) mass is 207 g/mol. The summed E-state index contributed by atoms with van der Waals surface area (Å²) in [6.45, 7) is 1.16. The Balaban J connectivity index is 2.87. The first-order valence-electron chi connectivity index (χ1n) is 4.55. The molecule has 6 nitrogen and oxygen atoms in total. The van der Waals surface area contributed by atoms with Crippen molar-refractivity contribution >= 4 is 0 Å². The molecule has 0 saturated carbocycles. The third kappa shape index (κ3) is 1.65. The minimum Gasteiger partial charge on any atom is -0.395 e. The summed E-state index contributed by atoms with van der Waals surface area (Å²) in [6, 6.07) is -0.741. The minimum atomic E-state index is -1.73. The van der Waals surface area contributed by atoms with Gasteiger partial charge in [0.1, 0.15) is 5.60 Å². The molecule has 0 radical (unpaired) electrons. The van der Waals surface area contributed by atoms with E-state index in [1.54, 1.807) is 0 Å². The van der Waals surface area contributed by atoms with Crippen molar-refractivity contribution in [1.82, 2.24) is 5.32 Å². The molecule has 1 aliphatic heterocycles. The second-order valence-electron chi connectivity index (χ2n) is 3.75. The first-order chi connectivity index (χ1) is 6.44. The second-order valence-corrected chi connectivity index (χ2v) is 3.75. The van der Waals surface area contributed by atoms with E-state index in [2.05, 4.69) is 5.32 Å². The lowest BCUT2D eigenvalue weighted by Gasteiger charge is -2.37. The maximum atomic E-state index is 10.1. The van der Waals surface area contributed by atoms with E-state index in [0.717, 1.165) is 0 Å². The summed E-state index contributed by atoms with van der Waals surface area (Å²) >= 11 is 0. The summed E-state index contributed by atoms with van der Waals surface area (Å²) in [5.74, 6) is -0.940. The van der Waals surface area contributed by atoms with Crippen molar-refractivity contribution in [2.24, 2.45) is 5.92 Å². The zero-order chi connectivity index (χ0) is 10.9. The summed E-state index contributed by atoms with van der Waals surface area (Å²) in [5.41, 5.74) is -1.71. The van der Waals surface area contributed by atoms with Crippen LogP contribution in [0.2, 0.25) is 0 Å². The van der Waals surface area contributed by atoms with Crippen LogP contribution in [-0.2, 0) is 0 Å². The molecule has 4 atom stereocenters. The van der Waals surface area contributed by atoms with Crippen molar-refractivity contribution in [2.75, 3.05) is 13.2 Å². The molecular weight excluding hydrogens is 190 g/mol. The smallest absolute Gasteiger partial charge is 0.156 e. The lowest BCUT2D eigenvalue weighted by Crippen LogP contribution is -2.58. The number of rotatable bonds is 3. The SMILES string of the molecule is CC(C(O)O)[C@]1(O)[C@H](CO)NC[C@@H]1O. The Kier molecular flexibility index (Phi) is 3.46. The molecule has 14 heavy (non-hydrogen) atoms. The maximum absolute atomic E-state index is 10.1. The number of nitrogens with one attached hydrogen (secondary N) is 1. The molecule has 0 bridgehead atoms. The molecule has 1 heterocycles. The van der Waals surface area contributed by atoms with E-state index in [4.69, 9.17) is 15.3 Å². The molecule has 0 aromatic carbocycles. The van der Waals surface area contributed by atoms with Crippen molar-refractivity contribution in [3.8, 4) is 0 Å². The Morgan fingerprint density at radius 2 is 2.07 bits per heavy atom. The molecule has 6 N–H and O–H groups in total. The fourth-order valence-electron chi connectivity index (χ4n) is 1.88. The van der Waals surface area contributed by atoms with Gasteiger partial charge in [-0.15, -0.1) is 0 Å². The summed E-state index contributed by atoms with van der Waals surface area (Å²) in [4.78, 5) is 0. The van der Waals surface area contributed by atoms with Gasteiger partial charge in [-0.1, -0.05) is 6.92 Å². The summed E-state index contributed by atoms with van der Waals surface area (Å²) in [5, 5.41) is 49.2. The molecule has 0 aromatic rings. The normalized spacial score (nSPS) is 40.5. The molecular formula is C8H17NO5. The minimum absolute atomic E-state index is 0.124. The molecule has 0 amide bonds. The first-order valence-corrected chi connectivity index (χ1v) is 4.55. The van der Waals surface area contributed by atoms with Gasteiger partial charge in [0.25, 0.3) is 0 Å². The predicted octanol–water partition coefficient (Wildman–Crippen LogP) is -3.01. The molecule has 0 aliphatic carbocycles. The van der Waals surface area contributed by atoms with Crippen LogP contribution in [0.4, 0.5) is 0 Å². The number of β-amino-alcohol motifs (C(OH)–C–C–N with tert-alkyl or cyclic N) is 1. The number of hydrogen-bond acceptors (Lipinski definition) is 6. The van der Waals surface area contributed by atoms with Crippen LogP contribution in [0.3, 0.4) is 0 Å². The fourth-order valence-corrected chi connectivity index (χ4v) is 1.88. The van der Waals surface area contributed by atoms with E-state index >= 15 is 0 Å². The summed E-state index contributed by atoms with van der Waals surface area (Å²) < 4.78 is 0. The van der Waals surface area contributed by atoms with Crippen molar-refractivity contribution < 1.29 is 25.5 Å². The van der Waals surface area contributed by atoms with Crippen LogP contribution in [0, 0.1) is 5.92 Å². The quantitative estimate of drug-likeness (QED) is 0.275. The number of aliphatic hydroxyl groups excluding tert-OH is 3. The van der Waals surface area contributed by atoms with Crippen LogP contribution in [0.5, 0.6) is 0 Å². The lowest BCUT2D eigenvalue weighted by atomic mass is 9.80. The Hall–Kier alpha value is -0.240. The van der Waals surface area contributed by atoms with Gasteiger partial charge in [0.2, 0.25) is 0 Å². The van der Waals surface area contributed by atoms with Gasteiger partial charge in [-0.3, -0.25) is 0 Å². The van der Waals surface area contributed by atoms with E-state index in [-0.39, 0.29) is 13.2 Å². The molecule has 1 aliphatic rings. The highest BCUT2D eigenvalue weighted by Gasteiger charge is 2.53. The zero-order valence-electron chi connectivity index (χ0n) is 7.96. The van der Waals surface area contributed by atoms with Gasteiger partial charge in [-0.25, -0.2) is 0 Å². The van der Waals surface area contributed by atoms with Gasteiger partial charge in [0.05, 0.1) is 18.8 Å². The van der Waals surface area contributed by atoms with Gasteiger partial charge in [-0.05, 0) is 0 Å². The van der Waals surface area contributed by atoms with E-state index in [0.29, 0.717) is 0 Å². The molecule has 1 unspecified atom stereocenters. The standard InChI is InChI=1S/C8H17NO5/c1-4(7(12)13)8(14)5(3-10)9-2-6(8)11/h4-7,9-14H,2-3H2,1H3/t4?,5-,6-,8-/m0/s1. The summed E-state index contributed by atoms with van der Waals surface area (Å²) in [7, 11) is 0. The average Bonchev–Trinajstić information content (AvgIpc) is 2.43. The maximum Gasteiger partial charge on any atom is 0.156 e. The predicted molar refractivity (Wildman–Crippen MR) is 47.2 cm³/mol. The Morgan fingerprint density at radius 3 is 2.50 bits per heavy atom. The van der Waals surface area contributed by atoms with Crippen LogP contribution in [-0.4, -0.2) is 62.7 Å². The van der Waals surface area contributed by atoms with Crippen molar-refractivity contribution in [3.63, 3.8) is 0 Å². The van der Waals surface area contributed by atoms with E-state index in [1.807, 2.05) is 0 Å². The molecule has 0 spiro atoms. The zero-order valence-corrected chi connectivity index (χ0v) is 7.96. The Labute approximate surface area is 81.8 Å². The number of aliphatic hydroxyl groups is 5. The van der Waals surface area contributed by atoms with Crippen LogP contribution in [0.1, 0.15) is 6.92 Å². The molecule has 1 saturated heterocycles. The Morgan fingerprint density at radius 1 is 1.50 bits per heavy atom. The van der Waals surface area contributed by atoms with Gasteiger partial charge >= 0.3 is 0 Å². The second kappa shape index (κ2) is 4.09. The highest BCUT2D eigenvalue weighted by Crippen LogP contribution is 2.31. The van der Waals surface area contributed by atoms with E-state index < -0.39 is 30.0 Å². The van der Waals surface area contributed by atoms with Crippen LogP contribution in [0.15, 0.2) is 0 Å². The molecule has 84 valence electrons. The third-order valence-electron chi connectivity index (χ3n) is 3.01. The topological polar surface area (TPSA) is 113 Å². The molecule has 0 aromatic heterocycles. The van der Waals surface area contributed by atoms with Crippen LogP contribution < -0.4 is 5.32 Å².